The van der Waals surface area contributed by atoms with Crippen LogP contribution in [0.1, 0.15) is 24.4 Å². The lowest BCUT2D eigenvalue weighted by atomic mass is 10.0. The maximum Gasteiger partial charge on any atom is 0.252 e. The molecule has 0 saturated heterocycles. The van der Waals surface area contributed by atoms with Crippen molar-refractivity contribution in [2.75, 3.05) is 4.90 Å². The average Bonchev–Trinajstić information content (AvgIpc) is 3.56. The summed E-state index contributed by atoms with van der Waals surface area (Å²) in [6, 6.07) is 19.2. The molecule has 0 amide bonds. The average molecular weight is 452 g/mol. The lowest BCUT2D eigenvalue weighted by molar-refractivity contribution is 0.515. The molecule has 0 spiro atoms. The normalized spacial score (nSPS) is 14.3. The molecule has 3 aromatic heterocycles. The Hall–Kier alpha value is -4.33. The van der Waals surface area contributed by atoms with Gasteiger partial charge < -0.3 is 0 Å². The molecule has 168 valence electrons. The van der Waals surface area contributed by atoms with Gasteiger partial charge in [-0.25, -0.2) is 9.37 Å². The summed E-state index contributed by atoms with van der Waals surface area (Å²) in [5.74, 6) is 0.422. The van der Waals surface area contributed by atoms with Crippen LogP contribution in [0.2, 0.25) is 0 Å². The van der Waals surface area contributed by atoms with E-state index in [1.54, 1.807) is 47.4 Å². The number of benzene rings is 2. The Morgan fingerprint density at radius 2 is 1.76 bits per heavy atom. The maximum atomic E-state index is 13.6. The number of fused-ring (bicyclic) bond motifs is 1. The van der Waals surface area contributed by atoms with Crippen molar-refractivity contribution >= 4 is 28.4 Å². The number of pyridine rings is 1. The van der Waals surface area contributed by atoms with Gasteiger partial charge in [0.15, 0.2) is 0 Å². The van der Waals surface area contributed by atoms with Crippen molar-refractivity contribution in [1.29, 1.82) is 0 Å². The molecule has 0 bridgehead atoms. The van der Waals surface area contributed by atoms with E-state index in [4.69, 9.17) is 4.98 Å². The largest absolute Gasteiger partial charge is 0.285 e. The quantitative estimate of drug-likeness (QED) is 0.387. The summed E-state index contributed by atoms with van der Waals surface area (Å²) in [5, 5.41) is 7.69. The molecule has 0 aliphatic heterocycles. The predicted molar refractivity (Wildman–Crippen MR) is 128 cm³/mol. The van der Waals surface area contributed by atoms with Crippen molar-refractivity contribution in [2.24, 2.45) is 5.92 Å². The zero-order valence-corrected chi connectivity index (χ0v) is 18.2. The number of aromatic amines is 1. The number of halogens is 1. The zero-order valence-electron chi connectivity index (χ0n) is 18.2. The van der Waals surface area contributed by atoms with E-state index < -0.39 is 0 Å². The highest BCUT2D eigenvalue weighted by Gasteiger charge is 2.35. The fourth-order valence-corrected chi connectivity index (χ4v) is 4.43. The number of para-hydroxylation sites is 1. The lowest BCUT2D eigenvalue weighted by Gasteiger charge is -2.24. The molecule has 1 unspecified atom stereocenters. The molecule has 1 atom stereocenters. The third-order valence-corrected chi connectivity index (χ3v) is 6.17. The summed E-state index contributed by atoms with van der Waals surface area (Å²) in [5.41, 5.74) is 2.93. The van der Waals surface area contributed by atoms with Crippen LogP contribution < -0.4 is 10.5 Å². The van der Waals surface area contributed by atoms with Crippen LogP contribution in [0.5, 0.6) is 0 Å². The fourth-order valence-electron chi connectivity index (χ4n) is 4.43. The summed E-state index contributed by atoms with van der Waals surface area (Å²) >= 11 is 0. The molecule has 1 aliphatic rings. The van der Waals surface area contributed by atoms with Gasteiger partial charge in [-0.3, -0.25) is 19.4 Å². The van der Waals surface area contributed by atoms with Crippen molar-refractivity contribution in [3.05, 3.63) is 107 Å². The molecule has 2 aromatic carbocycles. The monoisotopic (exact) mass is 452 g/mol. The molecule has 6 rings (SSSR count). The van der Waals surface area contributed by atoms with Gasteiger partial charge in [0.2, 0.25) is 5.95 Å². The van der Waals surface area contributed by atoms with E-state index in [-0.39, 0.29) is 17.4 Å². The Balaban J connectivity index is 1.56. The van der Waals surface area contributed by atoms with Gasteiger partial charge in [0.25, 0.3) is 5.56 Å². The third-order valence-electron chi connectivity index (χ3n) is 6.17. The number of nitrogens with zero attached hydrogens (tertiary/aromatic N) is 5. The third kappa shape index (κ3) is 3.63. The maximum absolute atomic E-state index is 13.6. The second-order valence-electron chi connectivity index (χ2n) is 8.45. The number of H-pyrrole nitrogens is 1. The zero-order chi connectivity index (χ0) is 23.1. The van der Waals surface area contributed by atoms with E-state index in [9.17, 15) is 9.18 Å². The summed E-state index contributed by atoms with van der Waals surface area (Å²) in [7, 11) is 0. The first-order valence-corrected chi connectivity index (χ1v) is 11.2. The van der Waals surface area contributed by atoms with Gasteiger partial charge in [0.1, 0.15) is 11.5 Å². The molecule has 3 heterocycles. The van der Waals surface area contributed by atoms with Crippen molar-refractivity contribution < 1.29 is 4.39 Å². The molecule has 1 aliphatic carbocycles. The van der Waals surface area contributed by atoms with Gasteiger partial charge in [-0.2, -0.15) is 10.1 Å². The number of hydrogen-bond donors (Lipinski definition) is 1. The highest BCUT2D eigenvalue weighted by atomic mass is 19.1. The number of rotatable bonds is 6. The minimum atomic E-state index is -0.299. The summed E-state index contributed by atoms with van der Waals surface area (Å²) in [4.78, 5) is 24.6. The molecule has 7 nitrogen and oxygen atoms in total. The van der Waals surface area contributed by atoms with E-state index in [1.807, 2.05) is 35.2 Å². The SMILES string of the molecule is O=c1ccc2cnc(N(c3ccccc3)c3cn[nH]c3)nc2n1C(c1ccc(F)cc1)C1CC1. The van der Waals surface area contributed by atoms with Gasteiger partial charge in [0, 0.05) is 29.5 Å². The second kappa shape index (κ2) is 8.22. The van der Waals surface area contributed by atoms with Crippen molar-refractivity contribution in [3.63, 3.8) is 0 Å². The molecule has 8 heteroatoms. The number of hydrogen-bond acceptors (Lipinski definition) is 5. The van der Waals surface area contributed by atoms with Crippen molar-refractivity contribution in [2.45, 2.75) is 18.9 Å². The van der Waals surface area contributed by atoms with Crippen molar-refractivity contribution in [1.82, 2.24) is 24.7 Å². The predicted octanol–water partition coefficient (Wildman–Crippen LogP) is 5.12. The number of anilines is 3. The van der Waals surface area contributed by atoms with E-state index in [0.717, 1.165) is 35.2 Å². The number of nitrogens with one attached hydrogen (secondary N) is 1. The topological polar surface area (TPSA) is 79.7 Å². The van der Waals surface area contributed by atoms with Crippen LogP contribution in [0.3, 0.4) is 0 Å². The van der Waals surface area contributed by atoms with Crippen LogP contribution in [0, 0.1) is 11.7 Å². The Morgan fingerprint density at radius 3 is 2.47 bits per heavy atom. The van der Waals surface area contributed by atoms with Crippen molar-refractivity contribution in [3.8, 4) is 0 Å². The minimum Gasteiger partial charge on any atom is -0.285 e. The molecule has 1 N–H and O–H groups in total. The Morgan fingerprint density at radius 1 is 0.971 bits per heavy atom. The highest BCUT2D eigenvalue weighted by molar-refractivity contribution is 5.79. The van der Waals surface area contributed by atoms with Crippen LogP contribution in [0.4, 0.5) is 21.7 Å². The van der Waals surface area contributed by atoms with Gasteiger partial charge in [0.05, 0.1) is 17.9 Å². The lowest BCUT2D eigenvalue weighted by Crippen LogP contribution is -2.27. The van der Waals surface area contributed by atoms with Gasteiger partial charge in [-0.05, 0) is 54.7 Å². The van der Waals surface area contributed by atoms with E-state index in [0.29, 0.717) is 17.5 Å². The van der Waals surface area contributed by atoms with Gasteiger partial charge in [-0.1, -0.05) is 30.3 Å². The molecule has 0 radical (unpaired) electrons. The smallest absolute Gasteiger partial charge is 0.252 e. The fraction of sp³-hybridized carbons (Fsp3) is 0.154. The summed E-state index contributed by atoms with van der Waals surface area (Å²) in [6.07, 6.45) is 7.22. The van der Waals surface area contributed by atoms with E-state index in [1.165, 1.54) is 12.1 Å². The van der Waals surface area contributed by atoms with Crippen LogP contribution in [0.15, 0.2) is 90.1 Å². The molecular weight excluding hydrogens is 431 g/mol. The van der Waals surface area contributed by atoms with Gasteiger partial charge in [-0.15, -0.1) is 0 Å². The van der Waals surface area contributed by atoms with E-state index >= 15 is 0 Å². The van der Waals surface area contributed by atoms with Crippen LogP contribution in [-0.4, -0.2) is 24.7 Å². The first-order valence-electron chi connectivity index (χ1n) is 11.2. The standard InChI is InChI=1S/C26H21FN6O/c27-20-11-8-18(9-12-20)24(17-6-7-17)33-23(34)13-10-19-14-28-26(31-25(19)33)32(22-15-29-30-16-22)21-4-2-1-3-5-21/h1-5,8-17,24H,6-7H2,(H,29,30). The molecular formula is C26H21FN6O. The van der Waals surface area contributed by atoms with Crippen LogP contribution in [0.25, 0.3) is 11.0 Å². The second-order valence-corrected chi connectivity index (χ2v) is 8.45. The van der Waals surface area contributed by atoms with Crippen LogP contribution in [-0.2, 0) is 0 Å². The summed E-state index contributed by atoms with van der Waals surface area (Å²) < 4.78 is 15.4. The Kier molecular flexibility index (Phi) is 4.91. The number of aromatic nitrogens is 5. The minimum absolute atomic E-state index is 0.145. The molecule has 1 fully saturated rings. The molecule has 5 aromatic rings. The molecule has 34 heavy (non-hydrogen) atoms. The highest BCUT2D eigenvalue weighted by Crippen LogP contribution is 2.44. The van der Waals surface area contributed by atoms with Gasteiger partial charge >= 0.3 is 0 Å². The van der Waals surface area contributed by atoms with Crippen LogP contribution >= 0.6 is 0 Å². The van der Waals surface area contributed by atoms with E-state index in [2.05, 4.69) is 15.2 Å². The summed E-state index contributed by atoms with van der Waals surface area (Å²) in [6.45, 7) is 0. The first-order chi connectivity index (χ1) is 16.7. The Labute approximate surface area is 194 Å². The first kappa shape index (κ1) is 20.3. The Bertz CT molecular complexity index is 1490. The molecule has 1 saturated carbocycles.